The highest BCUT2D eigenvalue weighted by atomic mass is 35.5. The van der Waals surface area contributed by atoms with Crippen molar-refractivity contribution in [2.45, 2.75) is 26.1 Å². The number of rotatable bonds is 5. The van der Waals surface area contributed by atoms with E-state index in [0.717, 1.165) is 16.9 Å². The lowest BCUT2D eigenvalue weighted by molar-refractivity contribution is -0.138. The lowest BCUT2D eigenvalue weighted by Gasteiger charge is -2.22. The molecule has 4 rings (SSSR count). The molecular formula is C25H23ClN2O4. The van der Waals surface area contributed by atoms with Crippen LogP contribution in [0.4, 0.5) is 5.69 Å². The topological polar surface area (TPSA) is 67.9 Å². The number of hydrogen-bond donors (Lipinski definition) is 1. The van der Waals surface area contributed by atoms with Crippen LogP contribution in [0, 0.1) is 0 Å². The molecule has 1 unspecified atom stereocenters. The van der Waals surface area contributed by atoms with Crippen LogP contribution >= 0.6 is 11.6 Å². The van der Waals surface area contributed by atoms with E-state index in [-0.39, 0.29) is 11.8 Å². The Labute approximate surface area is 191 Å². The Bertz CT molecular complexity index is 1150. The predicted octanol–water partition coefficient (Wildman–Crippen LogP) is 4.91. The molecule has 0 bridgehead atoms. The molecule has 0 saturated carbocycles. The van der Waals surface area contributed by atoms with Crippen molar-refractivity contribution in [1.82, 2.24) is 4.90 Å². The second kappa shape index (κ2) is 9.32. The summed E-state index contributed by atoms with van der Waals surface area (Å²) in [4.78, 5) is 27.3. The molecule has 1 aliphatic heterocycles. The number of hydrogen-bond acceptors (Lipinski definition) is 4. The molecule has 1 heterocycles. The van der Waals surface area contributed by atoms with Gasteiger partial charge in [-0.3, -0.25) is 9.59 Å². The average Bonchev–Trinajstić information content (AvgIpc) is 2.90. The van der Waals surface area contributed by atoms with E-state index in [4.69, 9.17) is 21.1 Å². The summed E-state index contributed by atoms with van der Waals surface area (Å²) in [6.07, 6.45) is -0.614. The lowest BCUT2D eigenvalue weighted by Crippen LogP contribution is -2.37. The highest BCUT2D eigenvalue weighted by molar-refractivity contribution is 6.30. The van der Waals surface area contributed by atoms with Crippen molar-refractivity contribution in [2.24, 2.45) is 0 Å². The highest BCUT2D eigenvalue weighted by Crippen LogP contribution is 2.30. The number of amides is 2. The summed E-state index contributed by atoms with van der Waals surface area (Å²) in [7, 11) is 1.61. The molecule has 0 spiro atoms. The van der Waals surface area contributed by atoms with E-state index in [1.165, 1.54) is 0 Å². The Morgan fingerprint density at radius 1 is 1.16 bits per heavy atom. The van der Waals surface area contributed by atoms with Crippen molar-refractivity contribution in [3.05, 3.63) is 88.4 Å². The quantitative estimate of drug-likeness (QED) is 0.599. The number of carbonyl (C=O) groups excluding carboxylic acids is 2. The van der Waals surface area contributed by atoms with Gasteiger partial charge in [-0.25, -0.2) is 0 Å². The van der Waals surface area contributed by atoms with E-state index < -0.39 is 6.10 Å². The largest absolute Gasteiger partial charge is 0.497 e. The standard InChI is InChI=1S/C25H23ClN2O4/c1-16-25(30)28(14-17-4-3-5-22(12-17)31-2)15-19-13-21(10-11-23(19)32-16)27-24(29)18-6-8-20(26)9-7-18/h3-13,16H,14-15H2,1-2H3,(H,27,29). The first kappa shape index (κ1) is 21.7. The van der Waals surface area contributed by atoms with Crippen LogP contribution in [0.3, 0.4) is 0 Å². The van der Waals surface area contributed by atoms with Gasteiger partial charge >= 0.3 is 0 Å². The number of anilines is 1. The van der Waals surface area contributed by atoms with E-state index in [2.05, 4.69) is 5.32 Å². The zero-order valence-corrected chi connectivity index (χ0v) is 18.6. The number of fused-ring (bicyclic) bond motifs is 1. The molecule has 1 atom stereocenters. The van der Waals surface area contributed by atoms with Crippen molar-refractivity contribution in [2.75, 3.05) is 12.4 Å². The Morgan fingerprint density at radius 3 is 2.69 bits per heavy atom. The minimum absolute atomic E-state index is 0.101. The number of ether oxygens (including phenoxy) is 2. The maximum Gasteiger partial charge on any atom is 0.263 e. The van der Waals surface area contributed by atoms with E-state index in [9.17, 15) is 9.59 Å². The molecule has 0 aromatic heterocycles. The molecule has 0 saturated heterocycles. The Hall–Kier alpha value is -3.51. The summed E-state index contributed by atoms with van der Waals surface area (Å²) in [5.41, 5.74) is 2.90. The first-order chi connectivity index (χ1) is 15.4. The molecule has 0 fully saturated rings. The molecule has 32 heavy (non-hydrogen) atoms. The van der Waals surface area contributed by atoms with E-state index in [1.807, 2.05) is 30.3 Å². The molecule has 3 aromatic rings. The Kier molecular flexibility index (Phi) is 6.32. The summed E-state index contributed by atoms with van der Waals surface area (Å²) in [5.74, 6) is 1.02. The summed E-state index contributed by atoms with van der Waals surface area (Å²) in [6, 6.07) is 19.7. The van der Waals surface area contributed by atoms with Crippen LogP contribution in [0.25, 0.3) is 0 Å². The molecule has 0 aliphatic carbocycles. The van der Waals surface area contributed by atoms with Gasteiger partial charge in [-0.15, -0.1) is 0 Å². The highest BCUT2D eigenvalue weighted by Gasteiger charge is 2.28. The van der Waals surface area contributed by atoms with Gasteiger partial charge in [0.15, 0.2) is 6.10 Å². The molecule has 164 valence electrons. The van der Waals surface area contributed by atoms with Gasteiger partial charge in [0.25, 0.3) is 11.8 Å². The van der Waals surface area contributed by atoms with E-state index in [0.29, 0.717) is 35.1 Å². The first-order valence-corrected chi connectivity index (χ1v) is 10.6. The van der Waals surface area contributed by atoms with Gasteiger partial charge in [-0.1, -0.05) is 23.7 Å². The summed E-state index contributed by atoms with van der Waals surface area (Å²) < 4.78 is 11.2. The van der Waals surface area contributed by atoms with Crippen molar-refractivity contribution >= 4 is 29.1 Å². The SMILES string of the molecule is COc1cccc(CN2Cc3cc(NC(=O)c4ccc(Cl)cc4)ccc3OC(C)C2=O)c1. The van der Waals surface area contributed by atoms with Gasteiger partial charge in [0, 0.05) is 34.9 Å². The molecule has 1 aliphatic rings. The number of carbonyl (C=O) groups is 2. The van der Waals surface area contributed by atoms with Gasteiger partial charge in [0.1, 0.15) is 11.5 Å². The second-order valence-corrected chi connectivity index (χ2v) is 8.03. The minimum Gasteiger partial charge on any atom is -0.497 e. The minimum atomic E-state index is -0.614. The number of halogens is 1. The fourth-order valence-corrected chi connectivity index (χ4v) is 3.73. The third-order valence-corrected chi connectivity index (χ3v) is 5.51. The van der Waals surface area contributed by atoms with Gasteiger partial charge in [0.2, 0.25) is 0 Å². The van der Waals surface area contributed by atoms with Crippen LogP contribution in [0.2, 0.25) is 5.02 Å². The van der Waals surface area contributed by atoms with Crippen molar-refractivity contribution in [1.29, 1.82) is 0 Å². The van der Waals surface area contributed by atoms with Gasteiger partial charge < -0.3 is 19.7 Å². The summed E-state index contributed by atoms with van der Waals surface area (Å²) in [6.45, 7) is 2.52. The number of benzene rings is 3. The molecular weight excluding hydrogens is 428 g/mol. The van der Waals surface area contributed by atoms with Crippen LogP contribution in [-0.2, 0) is 17.9 Å². The molecule has 7 heteroatoms. The Balaban J connectivity index is 1.56. The van der Waals surface area contributed by atoms with Crippen molar-refractivity contribution in [3.8, 4) is 11.5 Å². The summed E-state index contributed by atoms with van der Waals surface area (Å²) >= 11 is 5.90. The fourth-order valence-electron chi connectivity index (χ4n) is 3.61. The third kappa shape index (κ3) is 4.86. The van der Waals surface area contributed by atoms with Gasteiger partial charge in [-0.05, 0) is 67.1 Å². The molecule has 2 amide bonds. The average molecular weight is 451 g/mol. The lowest BCUT2D eigenvalue weighted by atomic mass is 10.1. The molecule has 0 radical (unpaired) electrons. The van der Waals surface area contributed by atoms with Gasteiger partial charge in [0.05, 0.1) is 7.11 Å². The van der Waals surface area contributed by atoms with E-state index >= 15 is 0 Å². The zero-order chi connectivity index (χ0) is 22.7. The van der Waals surface area contributed by atoms with Gasteiger partial charge in [-0.2, -0.15) is 0 Å². The van der Waals surface area contributed by atoms with Crippen LogP contribution in [0.15, 0.2) is 66.7 Å². The normalized spacial score (nSPS) is 15.4. The van der Waals surface area contributed by atoms with Crippen LogP contribution in [0.5, 0.6) is 11.5 Å². The maximum atomic E-state index is 12.9. The van der Waals surface area contributed by atoms with Crippen LogP contribution < -0.4 is 14.8 Å². The monoisotopic (exact) mass is 450 g/mol. The fraction of sp³-hybridized carbons (Fsp3) is 0.200. The van der Waals surface area contributed by atoms with Crippen molar-refractivity contribution < 1.29 is 19.1 Å². The number of nitrogens with one attached hydrogen (secondary N) is 1. The van der Waals surface area contributed by atoms with E-state index in [1.54, 1.807) is 55.3 Å². The molecule has 6 nitrogen and oxygen atoms in total. The molecule has 3 aromatic carbocycles. The first-order valence-electron chi connectivity index (χ1n) is 10.2. The second-order valence-electron chi connectivity index (χ2n) is 7.59. The Morgan fingerprint density at radius 2 is 1.94 bits per heavy atom. The maximum absolute atomic E-state index is 12.9. The van der Waals surface area contributed by atoms with Crippen molar-refractivity contribution in [3.63, 3.8) is 0 Å². The molecule has 1 N–H and O–H groups in total. The number of methoxy groups -OCH3 is 1. The van der Waals surface area contributed by atoms with Crippen LogP contribution in [-0.4, -0.2) is 29.9 Å². The smallest absolute Gasteiger partial charge is 0.263 e. The van der Waals surface area contributed by atoms with Crippen LogP contribution in [0.1, 0.15) is 28.4 Å². The predicted molar refractivity (Wildman–Crippen MR) is 123 cm³/mol. The zero-order valence-electron chi connectivity index (χ0n) is 17.8. The summed E-state index contributed by atoms with van der Waals surface area (Å²) in [5, 5.41) is 3.46. The third-order valence-electron chi connectivity index (χ3n) is 5.26. The number of nitrogens with zero attached hydrogens (tertiary/aromatic N) is 1.